The van der Waals surface area contributed by atoms with Gasteiger partial charge in [-0.25, -0.2) is 0 Å². The number of alkyl halides is 3. The molecule has 1 aromatic carbocycles. The average molecular weight is 417 g/mol. The molecular weight excluding hydrogens is 399 g/mol. The molecule has 6 rings (SSSR count). The van der Waals surface area contributed by atoms with Gasteiger partial charge in [0.2, 0.25) is 5.91 Å². The van der Waals surface area contributed by atoms with Gasteiger partial charge in [-0.2, -0.15) is 17.7 Å². The van der Waals surface area contributed by atoms with Crippen LogP contribution in [0.25, 0.3) is 5.65 Å². The van der Waals surface area contributed by atoms with Crippen LogP contribution in [0.1, 0.15) is 12.0 Å². The third-order valence-electron chi connectivity index (χ3n) is 5.64. The predicted molar refractivity (Wildman–Crippen MR) is 102 cm³/mol. The summed E-state index contributed by atoms with van der Waals surface area (Å²) in [5, 5.41) is 15.0. The molecule has 0 aliphatic carbocycles. The summed E-state index contributed by atoms with van der Waals surface area (Å²) in [5.41, 5.74) is 0.297. The Labute approximate surface area is 169 Å². The Kier molecular flexibility index (Phi) is 4.35. The number of anilines is 2. The Hall–Kier alpha value is -3.21. The molecule has 30 heavy (non-hydrogen) atoms. The van der Waals surface area contributed by atoms with Crippen molar-refractivity contribution in [3.05, 3.63) is 48.3 Å². The number of nitrogens with one attached hydrogen (secondary N) is 1. The summed E-state index contributed by atoms with van der Waals surface area (Å²) in [6.07, 6.45) is -1.82. The van der Waals surface area contributed by atoms with Gasteiger partial charge in [-0.15, -0.1) is 15.3 Å². The molecule has 1 amide bonds. The molecule has 8 nitrogen and oxygen atoms in total. The number of hydrogen-bond acceptors (Lipinski definition) is 6. The predicted octanol–water partition coefficient (Wildman–Crippen LogP) is 2.04. The largest absolute Gasteiger partial charge is 0.416 e. The summed E-state index contributed by atoms with van der Waals surface area (Å²) in [5.74, 6) is 0.604. The van der Waals surface area contributed by atoms with Gasteiger partial charge in [-0.3, -0.25) is 9.69 Å². The molecule has 1 N–H and O–H groups in total. The Morgan fingerprint density at radius 1 is 1.10 bits per heavy atom. The summed E-state index contributed by atoms with van der Waals surface area (Å²) in [6.45, 7) is 1.72. The summed E-state index contributed by atoms with van der Waals surface area (Å²) in [7, 11) is 0. The van der Waals surface area contributed by atoms with Gasteiger partial charge in [-0.1, -0.05) is 0 Å². The lowest BCUT2D eigenvalue weighted by Gasteiger charge is -2.56. The normalized spacial score (nSPS) is 21.5. The second kappa shape index (κ2) is 6.94. The van der Waals surface area contributed by atoms with Gasteiger partial charge < -0.3 is 10.2 Å². The number of halogens is 3. The molecule has 3 aliphatic heterocycles. The lowest BCUT2D eigenvalue weighted by Crippen LogP contribution is -2.69. The molecule has 3 aromatic rings. The minimum absolute atomic E-state index is 0.210. The van der Waals surface area contributed by atoms with Crippen LogP contribution in [-0.4, -0.2) is 62.3 Å². The van der Waals surface area contributed by atoms with Gasteiger partial charge in [0.15, 0.2) is 5.65 Å². The highest BCUT2D eigenvalue weighted by Crippen LogP contribution is 2.34. The maximum atomic E-state index is 12.6. The van der Waals surface area contributed by atoms with E-state index in [9.17, 15) is 18.0 Å². The number of carbonyl (C=O) groups is 1. The van der Waals surface area contributed by atoms with Crippen LogP contribution in [-0.2, 0) is 11.0 Å². The summed E-state index contributed by atoms with van der Waals surface area (Å²) >= 11 is 0. The first-order chi connectivity index (χ1) is 14.4. The van der Waals surface area contributed by atoms with Gasteiger partial charge in [0.05, 0.1) is 12.1 Å². The number of amides is 1. The third kappa shape index (κ3) is 3.45. The Morgan fingerprint density at radius 2 is 1.83 bits per heavy atom. The Balaban J connectivity index is 1.18. The average Bonchev–Trinajstić information content (AvgIpc) is 3.20. The third-order valence-corrected chi connectivity index (χ3v) is 5.64. The molecule has 3 fully saturated rings. The summed E-state index contributed by atoms with van der Waals surface area (Å²) in [6, 6.07) is 8.72. The van der Waals surface area contributed by atoms with Gasteiger partial charge in [0.25, 0.3) is 0 Å². The minimum atomic E-state index is -4.39. The van der Waals surface area contributed by atoms with E-state index < -0.39 is 11.7 Å². The first-order valence-corrected chi connectivity index (χ1v) is 9.52. The van der Waals surface area contributed by atoms with Crippen molar-refractivity contribution in [1.29, 1.82) is 0 Å². The molecule has 3 saturated heterocycles. The number of rotatable bonds is 4. The number of benzene rings is 1. The van der Waals surface area contributed by atoms with Crippen LogP contribution < -0.4 is 10.2 Å². The zero-order valence-electron chi connectivity index (χ0n) is 15.8. The maximum Gasteiger partial charge on any atom is 0.416 e. The number of hydrogen-bond donors (Lipinski definition) is 1. The highest BCUT2D eigenvalue weighted by molar-refractivity contribution is 5.92. The van der Waals surface area contributed by atoms with Crippen molar-refractivity contribution in [2.45, 2.75) is 24.7 Å². The lowest BCUT2D eigenvalue weighted by molar-refractivity contribution is -0.137. The number of piperazine rings is 1. The lowest BCUT2D eigenvalue weighted by atomic mass is 9.87. The van der Waals surface area contributed by atoms with Gasteiger partial charge in [-0.05, 0) is 42.8 Å². The van der Waals surface area contributed by atoms with E-state index in [0.29, 0.717) is 11.3 Å². The molecule has 2 unspecified atom stereocenters. The van der Waals surface area contributed by atoms with Crippen molar-refractivity contribution in [3.63, 3.8) is 0 Å². The number of carbonyl (C=O) groups excluding carboxylic acids is 1. The van der Waals surface area contributed by atoms with Crippen LogP contribution in [0, 0.1) is 0 Å². The van der Waals surface area contributed by atoms with Gasteiger partial charge in [0.1, 0.15) is 12.1 Å². The van der Waals surface area contributed by atoms with E-state index in [-0.39, 0.29) is 24.5 Å². The van der Waals surface area contributed by atoms with E-state index in [0.717, 1.165) is 37.5 Å². The van der Waals surface area contributed by atoms with Crippen molar-refractivity contribution in [2.75, 3.05) is 29.9 Å². The summed E-state index contributed by atoms with van der Waals surface area (Å²) in [4.78, 5) is 16.7. The molecule has 11 heteroatoms. The monoisotopic (exact) mass is 417 g/mol. The Bertz CT molecular complexity index is 1070. The fourth-order valence-corrected chi connectivity index (χ4v) is 4.13. The van der Waals surface area contributed by atoms with Gasteiger partial charge >= 0.3 is 6.18 Å². The molecule has 2 aromatic heterocycles. The smallest absolute Gasteiger partial charge is 0.352 e. The maximum absolute atomic E-state index is 12.6. The number of nitrogens with zero attached hydrogens (tertiary/aromatic N) is 6. The van der Waals surface area contributed by atoms with Crippen LogP contribution in [0.2, 0.25) is 0 Å². The fraction of sp³-hybridized carbons (Fsp3) is 0.368. The van der Waals surface area contributed by atoms with Crippen molar-refractivity contribution in [3.8, 4) is 0 Å². The molecular formula is C19H18F3N7O. The van der Waals surface area contributed by atoms with E-state index in [2.05, 4.69) is 30.4 Å². The quantitative estimate of drug-likeness (QED) is 0.700. The standard InChI is InChI=1S/C19H18F3N7O/c20-19(21,22)12-1-3-13(4-2-12)24-18(30)10-28-14-7-15(28)9-27(8-14)17-6-5-16-25-23-11-29(16)26-17/h1-6,11,14-15H,7-10H2,(H,24,30). The number of aromatic nitrogens is 4. The van der Waals surface area contributed by atoms with E-state index in [1.165, 1.54) is 12.1 Å². The minimum Gasteiger partial charge on any atom is -0.352 e. The van der Waals surface area contributed by atoms with Crippen molar-refractivity contribution in [2.24, 2.45) is 0 Å². The zero-order chi connectivity index (χ0) is 20.9. The van der Waals surface area contributed by atoms with Crippen LogP contribution in [0.15, 0.2) is 42.7 Å². The first kappa shape index (κ1) is 18.8. The second-order valence-electron chi connectivity index (χ2n) is 7.57. The SMILES string of the molecule is O=C(CN1C2CC1CN(c1ccc3nncn3n1)C2)Nc1ccc(C(F)(F)F)cc1. The van der Waals surface area contributed by atoms with Crippen molar-refractivity contribution in [1.82, 2.24) is 24.7 Å². The van der Waals surface area contributed by atoms with Crippen molar-refractivity contribution >= 4 is 23.1 Å². The van der Waals surface area contributed by atoms with E-state index in [4.69, 9.17) is 0 Å². The molecule has 0 spiro atoms. The molecule has 156 valence electrons. The van der Waals surface area contributed by atoms with Crippen LogP contribution in [0.4, 0.5) is 24.7 Å². The highest BCUT2D eigenvalue weighted by Gasteiger charge is 2.45. The molecule has 2 atom stereocenters. The molecule has 3 aliphatic rings. The zero-order valence-corrected chi connectivity index (χ0v) is 15.8. The number of piperidine rings is 1. The Morgan fingerprint density at radius 3 is 2.53 bits per heavy atom. The topological polar surface area (TPSA) is 78.7 Å². The molecule has 0 radical (unpaired) electrons. The van der Waals surface area contributed by atoms with Crippen LogP contribution >= 0.6 is 0 Å². The number of fused-ring (bicyclic) bond motifs is 3. The van der Waals surface area contributed by atoms with E-state index in [1.807, 2.05) is 12.1 Å². The van der Waals surface area contributed by atoms with Crippen LogP contribution in [0.5, 0.6) is 0 Å². The van der Waals surface area contributed by atoms with E-state index in [1.54, 1.807) is 10.8 Å². The molecule has 2 bridgehead atoms. The van der Waals surface area contributed by atoms with E-state index >= 15 is 0 Å². The van der Waals surface area contributed by atoms with Gasteiger partial charge in [0, 0.05) is 30.9 Å². The molecule has 0 saturated carbocycles. The second-order valence-corrected chi connectivity index (χ2v) is 7.57. The van der Waals surface area contributed by atoms with Crippen LogP contribution in [0.3, 0.4) is 0 Å². The highest BCUT2D eigenvalue weighted by atomic mass is 19.4. The summed E-state index contributed by atoms with van der Waals surface area (Å²) < 4.78 is 39.6. The molecule has 5 heterocycles. The first-order valence-electron chi connectivity index (χ1n) is 9.52. The fourth-order valence-electron chi connectivity index (χ4n) is 4.13. The van der Waals surface area contributed by atoms with Crippen molar-refractivity contribution < 1.29 is 18.0 Å².